The van der Waals surface area contributed by atoms with Crippen molar-refractivity contribution in [2.75, 3.05) is 26.3 Å². The fraction of sp³-hybridized carbons (Fsp3) is 0.526. The van der Waals surface area contributed by atoms with Gasteiger partial charge in [-0.2, -0.15) is 0 Å². The molecule has 8 heteroatoms. The summed E-state index contributed by atoms with van der Waals surface area (Å²) in [6.07, 6.45) is 1.73. The van der Waals surface area contributed by atoms with Crippen molar-refractivity contribution in [3.8, 4) is 0 Å². The number of ether oxygens (including phenoxy) is 2. The highest BCUT2D eigenvalue weighted by Gasteiger charge is 2.39. The number of hydrogen-bond donors (Lipinski definition) is 0. The van der Waals surface area contributed by atoms with E-state index in [0.717, 1.165) is 42.8 Å². The van der Waals surface area contributed by atoms with Crippen LogP contribution in [0.3, 0.4) is 0 Å². The number of aryl methyl sites for hydroxylation is 2. The lowest BCUT2D eigenvalue weighted by Crippen LogP contribution is -2.44. The van der Waals surface area contributed by atoms with E-state index < -0.39 is 0 Å². The largest absolute Gasteiger partial charge is 0.347 e. The minimum atomic E-state index is -0.377. The SMILES string of the molecule is Cc1ccc2c(c1)c(=O)n(C)c1nnc(CN3CCC4(CC3)OCCO4)n21. The number of piperidine rings is 1. The smallest absolute Gasteiger partial charge is 0.262 e. The fourth-order valence-corrected chi connectivity index (χ4v) is 4.20. The Morgan fingerprint density at radius 1 is 1.15 bits per heavy atom. The maximum atomic E-state index is 12.7. The second-order valence-corrected chi connectivity index (χ2v) is 7.52. The van der Waals surface area contributed by atoms with Gasteiger partial charge in [0.2, 0.25) is 5.78 Å². The van der Waals surface area contributed by atoms with Crippen LogP contribution in [0.15, 0.2) is 23.0 Å². The zero-order valence-corrected chi connectivity index (χ0v) is 15.6. The zero-order valence-electron chi connectivity index (χ0n) is 15.6. The molecule has 2 aliphatic rings. The third-order valence-corrected chi connectivity index (χ3v) is 5.74. The molecule has 0 N–H and O–H groups in total. The molecule has 1 aromatic carbocycles. The molecule has 0 saturated carbocycles. The standard InChI is InChI=1S/C19H23N5O3/c1-13-3-4-15-14(11-13)17(25)22(2)18-21-20-16(24(15)18)12-23-7-5-19(6-8-23)26-9-10-27-19/h3-4,11H,5-10,12H2,1-2H3. The van der Waals surface area contributed by atoms with Gasteiger partial charge in [0.15, 0.2) is 11.6 Å². The molecule has 4 heterocycles. The Morgan fingerprint density at radius 2 is 1.89 bits per heavy atom. The molecule has 0 aliphatic carbocycles. The van der Waals surface area contributed by atoms with Gasteiger partial charge in [-0.25, -0.2) is 0 Å². The molecule has 2 aliphatic heterocycles. The van der Waals surface area contributed by atoms with Crippen molar-refractivity contribution in [2.24, 2.45) is 7.05 Å². The van der Waals surface area contributed by atoms with Crippen molar-refractivity contribution in [3.05, 3.63) is 39.9 Å². The number of likely N-dealkylation sites (tertiary alicyclic amines) is 1. The molecule has 2 fully saturated rings. The van der Waals surface area contributed by atoms with Gasteiger partial charge < -0.3 is 9.47 Å². The Balaban J connectivity index is 1.51. The third-order valence-electron chi connectivity index (χ3n) is 5.74. The van der Waals surface area contributed by atoms with Gasteiger partial charge in [-0.3, -0.25) is 18.7 Å². The number of nitrogens with zero attached hydrogens (tertiary/aromatic N) is 5. The van der Waals surface area contributed by atoms with Crippen LogP contribution in [0.25, 0.3) is 16.7 Å². The molecule has 2 aromatic heterocycles. The van der Waals surface area contributed by atoms with Crippen molar-refractivity contribution in [1.29, 1.82) is 0 Å². The highest BCUT2D eigenvalue weighted by molar-refractivity contribution is 5.81. The van der Waals surface area contributed by atoms with Crippen molar-refractivity contribution in [1.82, 2.24) is 24.1 Å². The Hall–Kier alpha value is -2.29. The predicted octanol–water partition coefficient (Wildman–Crippen LogP) is 1.23. The summed E-state index contributed by atoms with van der Waals surface area (Å²) in [5.41, 5.74) is 1.87. The lowest BCUT2D eigenvalue weighted by atomic mass is 10.0. The Kier molecular flexibility index (Phi) is 3.82. The molecule has 0 amide bonds. The van der Waals surface area contributed by atoms with E-state index in [0.29, 0.717) is 30.9 Å². The summed E-state index contributed by atoms with van der Waals surface area (Å²) in [6, 6.07) is 5.93. The van der Waals surface area contributed by atoms with E-state index >= 15 is 0 Å². The predicted molar refractivity (Wildman–Crippen MR) is 99.6 cm³/mol. The van der Waals surface area contributed by atoms with E-state index in [-0.39, 0.29) is 11.3 Å². The van der Waals surface area contributed by atoms with Crippen molar-refractivity contribution in [3.63, 3.8) is 0 Å². The molecular formula is C19H23N5O3. The van der Waals surface area contributed by atoms with Crippen LogP contribution in [0.1, 0.15) is 24.2 Å². The molecule has 27 heavy (non-hydrogen) atoms. The van der Waals surface area contributed by atoms with Crippen LogP contribution >= 0.6 is 0 Å². The molecule has 1 spiro atoms. The molecule has 3 aromatic rings. The quantitative estimate of drug-likeness (QED) is 0.676. The molecular weight excluding hydrogens is 346 g/mol. The minimum Gasteiger partial charge on any atom is -0.347 e. The van der Waals surface area contributed by atoms with Crippen molar-refractivity contribution >= 4 is 16.7 Å². The van der Waals surface area contributed by atoms with E-state index in [1.807, 2.05) is 29.5 Å². The molecule has 5 rings (SSSR count). The molecule has 142 valence electrons. The molecule has 2 saturated heterocycles. The fourth-order valence-electron chi connectivity index (χ4n) is 4.20. The van der Waals surface area contributed by atoms with Gasteiger partial charge in [0.25, 0.3) is 5.56 Å². The van der Waals surface area contributed by atoms with Crippen LogP contribution in [0, 0.1) is 6.92 Å². The maximum absolute atomic E-state index is 12.7. The van der Waals surface area contributed by atoms with Gasteiger partial charge in [-0.05, 0) is 19.1 Å². The average Bonchev–Trinajstić information content (AvgIpc) is 3.30. The first kappa shape index (κ1) is 16.9. The number of aromatic nitrogens is 4. The van der Waals surface area contributed by atoms with E-state index in [1.54, 1.807) is 11.6 Å². The van der Waals surface area contributed by atoms with Crippen LogP contribution in [0.2, 0.25) is 0 Å². The Bertz CT molecular complexity index is 1070. The lowest BCUT2D eigenvalue weighted by molar-refractivity contribution is -0.186. The number of benzene rings is 1. The summed E-state index contributed by atoms with van der Waals surface area (Å²) in [7, 11) is 1.75. The van der Waals surface area contributed by atoms with Gasteiger partial charge in [0.05, 0.1) is 30.7 Å². The minimum absolute atomic E-state index is 0.0457. The normalized spacial score (nSPS) is 20.2. The first-order valence-electron chi connectivity index (χ1n) is 9.40. The summed E-state index contributed by atoms with van der Waals surface area (Å²) in [5, 5.41) is 9.38. The lowest BCUT2D eigenvalue weighted by Gasteiger charge is -2.37. The molecule has 0 atom stereocenters. The summed E-state index contributed by atoms with van der Waals surface area (Å²) < 4.78 is 15.2. The van der Waals surface area contributed by atoms with Crippen molar-refractivity contribution < 1.29 is 9.47 Å². The number of hydrogen-bond acceptors (Lipinski definition) is 6. The van der Waals surface area contributed by atoms with Gasteiger partial charge >= 0.3 is 0 Å². The van der Waals surface area contributed by atoms with Gasteiger partial charge in [0.1, 0.15) is 0 Å². The van der Waals surface area contributed by atoms with E-state index in [4.69, 9.17) is 9.47 Å². The average molecular weight is 369 g/mol. The van der Waals surface area contributed by atoms with Crippen LogP contribution in [-0.2, 0) is 23.1 Å². The van der Waals surface area contributed by atoms with Crippen LogP contribution < -0.4 is 5.56 Å². The maximum Gasteiger partial charge on any atom is 0.262 e. The summed E-state index contributed by atoms with van der Waals surface area (Å²) in [6.45, 7) is 5.82. The monoisotopic (exact) mass is 369 g/mol. The Morgan fingerprint density at radius 3 is 2.63 bits per heavy atom. The first-order chi connectivity index (χ1) is 13.1. The second-order valence-electron chi connectivity index (χ2n) is 7.52. The molecule has 0 unspecified atom stereocenters. The van der Waals surface area contributed by atoms with Crippen LogP contribution in [0.5, 0.6) is 0 Å². The molecule has 0 bridgehead atoms. The summed E-state index contributed by atoms with van der Waals surface area (Å²) in [5.74, 6) is 1.04. The molecule has 8 nitrogen and oxygen atoms in total. The highest BCUT2D eigenvalue weighted by atomic mass is 16.7. The number of rotatable bonds is 2. The topological polar surface area (TPSA) is 73.9 Å². The Labute approximate surface area is 156 Å². The second kappa shape index (κ2) is 6.12. The zero-order chi connectivity index (χ0) is 18.6. The summed E-state index contributed by atoms with van der Waals surface area (Å²) >= 11 is 0. The van der Waals surface area contributed by atoms with E-state index in [2.05, 4.69) is 15.1 Å². The number of fused-ring (bicyclic) bond motifs is 3. The van der Waals surface area contributed by atoms with Crippen LogP contribution in [0.4, 0.5) is 0 Å². The summed E-state index contributed by atoms with van der Waals surface area (Å²) in [4.78, 5) is 15.0. The van der Waals surface area contributed by atoms with Crippen molar-refractivity contribution in [2.45, 2.75) is 32.1 Å². The first-order valence-corrected chi connectivity index (χ1v) is 9.40. The molecule has 0 radical (unpaired) electrons. The van der Waals surface area contributed by atoms with Crippen LogP contribution in [-0.4, -0.2) is 56.2 Å². The van der Waals surface area contributed by atoms with E-state index in [9.17, 15) is 4.79 Å². The van der Waals surface area contributed by atoms with Gasteiger partial charge in [-0.1, -0.05) is 11.6 Å². The third kappa shape index (κ3) is 2.67. The van der Waals surface area contributed by atoms with Gasteiger partial charge in [-0.15, -0.1) is 10.2 Å². The highest BCUT2D eigenvalue weighted by Crippen LogP contribution is 2.31. The van der Waals surface area contributed by atoms with Gasteiger partial charge in [0, 0.05) is 33.0 Å². The van der Waals surface area contributed by atoms with E-state index in [1.165, 1.54) is 0 Å².